The van der Waals surface area contributed by atoms with E-state index in [2.05, 4.69) is 26.1 Å². The van der Waals surface area contributed by atoms with Gasteiger partial charge in [-0.3, -0.25) is 4.79 Å². The van der Waals surface area contributed by atoms with Gasteiger partial charge in [-0.15, -0.1) is 0 Å². The highest BCUT2D eigenvalue weighted by atomic mass is 19.1. The normalized spacial score (nSPS) is 11.1. The quantitative estimate of drug-likeness (QED) is 0.849. The Labute approximate surface area is 144 Å². The minimum absolute atomic E-state index is 0.0443. The van der Waals surface area contributed by atoms with E-state index in [0.717, 1.165) is 23.8 Å². The lowest BCUT2D eigenvalue weighted by Gasteiger charge is -2.18. The van der Waals surface area contributed by atoms with E-state index in [9.17, 15) is 18.4 Å². The molecule has 1 amide bonds. The first kappa shape index (κ1) is 18.6. The lowest BCUT2D eigenvalue weighted by atomic mass is 9.87. The van der Waals surface area contributed by atoms with Crippen molar-refractivity contribution >= 4 is 17.6 Å². The van der Waals surface area contributed by atoms with Crippen molar-refractivity contribution in [2.75, 3.05) is 11.9 Å². The summed E-state index contributed by atoms with van der Waals surface area (Å²) in [4.78, 5) is 23.7. The summed E-state index contributed by atoms with van der Waals surface area (Å²) in [5.74, 6) is -2.90. The van der Waals surface area contributed by atoms with Crippen molar-refractivity contribution in [1.82, 2.24) is 0 Å². The van der Waals surface area contributed by atoms with Crippen LogP contribution >= 0.6 is 0 Å². The molecule has 0 fully saturated rings. The smallest absolute Gasteiger partial charge is 0.338 e. The number of halogens is 2. The number of hydrogen-bond donors (Lipinski definition) is 1. The molecule has 0 aliphatic rings. The standard InChI is InChI=1S/C19H19F2NO3/c1-19(2,3)13-6-4-12(5-7-13)18(24)25-11-17(23)22-16-10-14(20)8-9-15(16)21/h4-10H,11H2,1-3H3,(H,22,23). The summed E-state index contributed by atoms with van der Waals surface area (Å²) in [5.41, 5.74) is 1.01. The molecule has 0 radical (unpaired) electrons. The molecule has 0 unspecified atom stereocenters. The monoisotopic (exact) mass is 347 g/mol. The van der Waals surface area contributed by atoms with Gasteiger partial charge >= 0.3 is 5.97 Å². The second-order valence-electron chi connectivity index (χ2n) is 6.58. The molecule has 0 saturated heterocycles. The van der Waals surface area contributed by atoms with Crippen LogP contribution in [-0.4, -0.2) is 18.5 Å². The van der Waals surface area contributed by atoms with Crippen molar-refractivity contribution in [2.45, 2.75) is 26.2 Å². The maximum Gasteiger partial charge on any atom is 0.338 e. The second kappa shape index (κ2) is 7.42. The first-order valence-corrected chi connectivity index (χ1v) is 7.69. The Morgan fingerprint density at radius 3 is 2.28 bits per heavy atom. The van der Waals surface area contributed by atoms with Gasteiger partial charge in [0, 0.05) is 6.07 Å². The summed E-state index contributed by atoms with van der Waals surface area (Å²) < 4.78 is 31.4. The summed E-state index contributed by atoms with van der Waals surface area (Å²) in [6.07, 6.45) is 0. The molecule has 0 spiro atoms. The third kappa shape index (κ3) is 5.11. The predicted molar refractivity (Wildman–Crippen MR) is 90.4 cm³/mol. The Morgan fingerprint density at radius 1 is 1.04 bits per heavy atom. The van der Waals surface area contributed by atoms with Crippen molar-refractivity contribution in [3.05, 3.63) is 65.2 Å². The Hall–Kier alpha value is -2.76. The number of carbonyl (C=O) groups is 2. The minimum Gasteiger partial charge on any atom is -0.452 e. The Kier molecular flexibility index (Phi) is 5.51. The lowest BCUT2D eigenvalue weighted by molar-refractivity contribution is -0.119. The molecule has 0 heterocycles. The first-order valence-electron chi connectivity index (χ1n) is 7.69. The lowest BCUT2D eigenvalue weighted by Crippen LogP contribution is -2.21. The Morgan fingerprint density at radius 2 is 1.68 bits per heavy atom. The van der Waals surface area contributed by atoms with Crippen LogP contribution in [0.5, 0.6) is 0 Å². The molecular formula is C19H19F2NO3. The van der Waals surface area contributed by atoms with E-state index >= 15 is 0 Å². The van der Waals surface area contributed by atoms with Crippen molar-refractivity contribution < 1.29 is 23.1 Å². The number of rotatable bonds is 4. The molecule has 4 nitrogen and oxygen atoms in total. The second-order valence-corrected chi connectivity index (χ2v) is 6.58. The highest BCUT2D eigenvalue weighted by Crippen LogP contribution is 2.22. The molecule has 132 valence electrons. The third-order valence-electron chi connectivity index (χ3n) is 3.52. The summed E-state index contributed by atoms with van der Waals surface area (Å²) in [6, 6.07) is 9.55. The Bertz CT molecular complexity index is 780. The molecular weight excluding hydrogens is 328 g/mol. The summed E-state index contributed by atoms with van der Waals surface area (Å²) in [6.45, 7) is 5.55. The summed E-state index contributed by atoms with van der Waals surface area (Å²) in [7, 11) is 0. The van der Waals surface area contributed by atoms with E-state index in [1.165, 1.54) is 0 Å². The molecule has 0 bridgehead atoms. The van der Waals surface area contributed by atoms with Crippen LogP contribution in [0.4, 0.5) is 14.5 Å². The number of benzene rings is 2. The molecule has 2 aromatic carbocycles. The third-order valence-corrected chi connectivity index (χ3v) is 3.52. The van der Waals surface area contributed by atoms with Crippen molar-refractivity contribution in [1.29, 1.82) is 0 Å². The van der Waals surface area contributed by atoms with E-state index in [4.69, 9.17) is 4.74 Å². The van der Waals surface area contributed by atoms with Gasteiger partial charge in [0.05, 0.1) is 11.3 Å². The molecule has 6 heteroatoms. The van der Waals surface area contributed by atoms with Crippen LogP contribution in [0.3, 0.4) is 0 Å². The van der Waals surface area contributed by atoms with E-state index in [1.54, 1.807) is 12.1 Å². The van der Waals surface area contributed by atoms with Crippen molar-refractivity contribution in [2.24, 2.45) is 0 Å². The average molecular weight is 347 g/mol. The average Bonchev–Trinajstić information content (AvgIpc) is 2.55. The number of nitrogens with one attached hydrogen (secondary N) is 1. The SMILES string of the molecule is CC(C)(C)c1ccc(C(=O)OCC(=O)Nc2cc(F)ccc2F)cc1. The molecule has 0 aliphatic carbocycles. The number of amides is 1. The van der Waals surface area contributed by atoms with E-state index in [0.29, 0.717) is 5.56 Å². The molecule has 0 saturated carbocycles. The highest BCUT2D eigenvalue weighted by Gasteiger charge is 2.16. The maximum atomic E-state index is 13.4. The van der Waals surface area contributed by atoms with E-state index in [1.807, 2.05) is 12.1 Å². The van der Waals surface area contributed by atoms with Gasteiger partial charge in [-0.1, -0.05) is 32.9 Å². The van der Waals surface area contributed by atoms with Crippen LogP contribution in [-0.2, 0) is 14.9 Å². The fourth-order valence-electron chi connectivity index (χ4n) is 2.10. The van der Waals surface area contributed by atoms with E-state index < -0.39 is 30.1 Å². The zero-order valence-corrected chi connectivity index (χ0v) is 14.2. The molecule has 0 aromatic heterocycles. The highest BCUT2D eigenvalue weighted by molar-refractivity contribution is 5.95. The fourth-order valence-corrected chi connectivity index (χ4v) is 2.10. The number of esters is 1. The number of hydrogen-bond acceptors (Lipinski definition) is 3. The number of anilines is 1. The van der Waals surface area contributed by atoms with Gasteiger partial charge in [0.2, 0.25) is 0 Å². The van der Waals surface area contributed by atoms with E-state index in [-0.39, 0.29) is 11.1 Å². The minimum atomic E-state index is -0.779. The predicted octanol–water partition coefficient (Wildman–Crippen LogP) is 4.06. The first-order chi connectivity index (χ1) is 11.7. The van der Waals surface area contributed by atoms with Gasteiger partial charge in [0.15, 0.2) is 6.61 Å². The molecule has 2 aromatic rings. The van der Waals surface area contributed by atoms with Crippen LogP contribution in [0.15, 0.2) is 42.5 Å². The fraction of sp³-hybridized carbons (Fsp3) is 0.263. The van der Waals surface area contributed by atoms with Crippen LogP contribution in [0.1, 0.15) is 36.7 Å². The molecule has 25 heavy (non-hydrogen) atoms. The van der Waals surface area contributed by atoms with Crippen LogP contribution < -0.4 is 5.32 Å². The van der Waals surface area contributed by atoms with Crippen molar-refractivity contribution in [3.8, 4) is 0 Å². The summed E-state index contributed by atoms with van der Waals surface area (Å²) in [5, 5.41) is 2.16. The topological polar surface area (TPSA) is 55.4 Å². The van der Waals surface area contributed by atoms with Gasteiger partial charge in [0.25, 0.3) is 5.91 Å². The van der Waals surface area contributed by atoms with Gasteiger partial charge < -0.3 is 10.1 Å². The zero-order chi connectivity index (χ0) is 18.6. The zero-order valence-electron chi connectivity index (χ0n) is 14.2. The van der Waals surface area contributed by atoms with Gasteiger partial charge in [-0.05, 0) is 35.2 Å². The van der Waals surface area contributed by atoms with Gasteiger partial charge in [-0.2, -0.15) is 0 Å². The molecule has 2 rings (SSSR count). The van der Waals surface area contributed by atoms with Gasteiger partial charge in [0.1, 0.15) is 11.6 Å². The molecule has 1 N–H and O–H groups in total. The largest absolute Gasteiger partial charge is 0.452 e. The molecule has 0 aliphatic heterocycles. The van der Waals surface area contributed by atoms with Crippen LogP contribution in [0, 0.1) is 11.6 Å². The Balaban J connectivity index is 1.93. The molecule has 0 atom stereocenters. The van der Waals surface area contributed by atoms with Crippen LogP contribution in [0.25, 0.3) is 0 Å². The number of ether oxygens (including phenoxy) is 1. The maximum absolute atomic E-state index is 13.4. The summed E-state index contributed by atoms with van der Waals surface area (Å²) >= 11 is 0. The van der Waals surface area contributed by atoms with Gasteiger partial charge in [-0.25, -0.2) is 13.6 Å². The van der Waals surface area contributed by atoms with Crippen LogP contribution in [0.2, 0.25) is 0 Å². The van der Waals surface area contributed by atoms with Crippen molar-refractivity contribution in [3.63, 3.8) is 0 Å². The number of carbonyl (C=O) groups excluding carboxylic acids is 2.